The Labute approximate surface area is 95.0 Å². The highest BCUT2D eigenvalue weighted by atomic mass is 35.5. The van der Waals surface area contributed by atoms with Crippen LogP contribution in [0.4, 0.5) is 0 Å². The second kappa shape index (κ2) is 7.04. The van der Waals surface area contributed by atoms with E-state index >= 15 is 0 Å². The van der Waals surface area contributed by atoms with Crippen molar-refractivity contribution in [2.24, 2.45) is 5.73 Å². The van der Waals surface area contributed by atoms with Gasteiger partial charge >= 0.3 is 5.97 Å². The first kappa shape index (κ1) is 13.7. The SMILES string of the molecule is Cl.NCCc1ccc(/C=C/C(=O)O)cc1. The fourth-order valence-corrected chi connectivity index (χ4v) is 1.13. The molecule has 0 atom stereocenters. The van der Waals surface area contributed by atoms with Gasteiger partial charge in [0.15, 0.2) is 0 Å². The average molecular weight is 228 g/mol. The van der Waals surface area contributed by atoms with Crippen LogP contribution in [0.3, 0.4) is 0 Å². The molecule has 0 aliphatic heterocycles. The van der Waals surface area contributed by atoms with Crippen LogP contribution in [0.1, 0.15) is 11.1 Å². The molecule has 15 heavy (non-hydrogen) atoms. The third kappa shape index (κ3) is 5.20. The summed E-state index contributed by atoms with van der Waals surface area (Å²) in [5.41, 5.74) is 7.45. The summed E-state index contributed by atoms with van der Waals surface area (Å²) in [6.07, 6.45) is 3.54. The van der Waals surface area contributed by atoms with Gasteiger partial charge in [0, 0.05) is 6.08 Å². The molecule has 3 N–H and O–H groups in total. The van der Waals surface area contributed by atoms with E-state index in [1.165, 1.54) is 5.56 Å². The van der Waals surface area contributed by atoms with Crippen molar-refractivity contribution in [2.75, 3.05) is 6.54 Å². The minimum Gasteiger partial charge on any atom is -0.478 e. The highest BCUT2D eigenvalue weighted by molar-refractivity contribution is 5.85. The van der Waals surface area contributed by atoms with Gasteiger partial charge in [-0.3, -0.25) is 0 Å². The Hall–Kier alpha value is -1.32. The zero-order valence-corrected chi connectivity index (χ0v) is 9.04. The number of nitrogens with two attached hydrogens (primary N) is 1. The topological polar surface area (TPSA) is 63.3 Å². The van der Waals surface area contributed by atoms with E-state index in [4.69, 9.17) is 10.8 Å². The van der Waals surface area contributed by atoms with Gasteiger partial charge in [-0.05, 0) is 30.2 Å². The lowest BCUT2D eigenvalue weighted by molar-refractivity contribution is -0.131. The van der Waals surface area contributed by atoms with E-state index in [2.05, 4.69) is 0 Å². The van der Waals surface area contributed by atoms with Gasteiger partial charge in [0.25, 0.3) is 0 Å². The zero-order chi connectivity index (χ0) is 10.4. The zero-order valence-electron chi connectivity index (χ0n) is 8.22. The predicted molar refractivity (Wildman–Crippen MR) is 63.1 cm³/mol. The molecule has 0 spiro atoms. The van der Waals surface area contributed by atoms with Gasteiger partial charge in [0.1, 0.15) is 0 Å². The van der Waals surface area contributed by atoms with E-state index < -0.39 is 5.97 Å². The van der Waals surface area contributed by atoms with Crippen molar-refractivity contribution in [2.45, 2.75) is 6.42 Å². The predicted octanol–water partition coefficient (Wildman–Crippen LogP) is 1.71. The molecular weight excluding hydrogens is 214 g/mol. The number of carbonyl (C=O) groups is 1. The van der Waals surface area contributed by atoms with Crippen molar-refractivity contribution in [1.82, 2.24) is 0 Å². The monoisotopic (exact) mass is 227 g/mol. The van der Waals surface area contributed by atoms with Crippen molar-refractivity contribution in [3.63, 3.8) is 0 Å². The normalized spacial score (nSPS) is 9.93. The third-order valence-electron chi connectivity index (χ3n) is 1.83. The summed E-state index contributed by atoms with van der Waals surface area (Å²) in [7, 11) is 0. The number of hydrogen-bond acceptors (Lipinski definition) is 2. The van der Waals surface area contributed by atoms with E-state index in [-0.39, 0.29) is 12.4 Å². The lowest BCUT2D eigenvalue weighted by Crippen LogP contribution is -2.02. The molecule has 0 saturated carbocycles. The second-order valence-electron chi connectivity index (χ2n) is 2.95. The van der Waals surface area contributed by atoms with Gasteiger partial charge in [-0.1, -0.05) is 24.3 Å². The number of hydrogen-bond donors (Lipinski definition) is 2. The minimum atomic E-state index is -0.934. The summed E-state index contributed by atoms with van der Waals surface area (Å²) in [5.74, 6) is -0.934. The number of carboxylic acids is 1. The average Bonchev–Trinajstić information content (AvgIpc) is 2.17. The van der Waals surface area contributed by atoms with Crippen LogP contribution >= 0.6 is 12.4 Å². The molecule has 0 aliphatic rings. The maximum atomic E-state index is 10.2. The van der Waals surface area contributed by atoms with Crippen LogP contribution in [-0.4, -0.2) is 17.6 Å². The Balaban J connectivity index is 0.00000196. The lowest BCUT2D eigenvalue weighted by atomic mass is 10.1. The van der Waals surface area contributed by atoms with Gasteiger partial charge in [-0.25, -0.2) is 4.79 Å². The van der Waals surface area contributed by atoms with Crippen LogP contribution < -0.4 is 5.73 Å². The Morgan fingerprint density at radius 1 is 1.33 bits per heavy atom. The molecule has 4 heteroatoms. The second-order valence-corrected chi connectivity index (χ2v) is 2.95. The Morgan fingerprint density at radius 3 is 2.40 bits per heavy atom. The molecule has 0 heterocycles. The number of rotatable bonds is 4. The maximum Gasteiger partial charge on any atom is 0.328 e. The Bertz CT molecular complexity index is 333. The number of carboxylic acid groups (broad SMARTS) is 1. The lowest BCUT2D eigenvalue weighted by Gasteiger charge is -1.98. The van der Waals surface area contributed by atoms with Gasteiger partial charge in [-0.2, -0.15) is 0 Å². The van der Waals surface area contributed by atoms with Crippen LogP contribution in [0.2, 0.25) is 0 Å². The molecule has 82 valence electrons. The smallest absolute Gasteiger partial charge is 0.328 e. The first-order chi connectivity index (χ1) is 6.72. The van der Waals surface area contributed by atoms with E-state index in [1.807, 2.05) is 24.3 Å². The summed E-state index contributed by atoms with van der Waals surface area (Å²) in [5, 5.41) is 8.41. The van der Waals surface area contributed by atoms with Gasteiger partial charge < -0.3 is 10.8 Å². The van der Waals surface area contributed by atoms with Crippen molar-refractivity contribution < 1.29 is 9.90 Å². The summed E-state index contributed by atoms with van der Waals surface area (Å²) in [4.78, 5) is 10.2. The number of halogens is 1. The molecule has 0 aromatic heterocycles. The maximum absolute atomic E-state index is 10.2. The molecule has 0 radical (unpaired) electrons. The fourth-order valence-electron chi connectivity index (χ4n) is 1.13. The first-order valence-corrected chi connectivity index (χ1v) is 4.42. The highest BCUT2D eigenvalue weighted by Gasteiger charge is 1.92. The van der Waals surface area contributed by atoms with Crippen molar-refractivity contribution in [1.29, 1.82) is 0 Å². The minimum absolute atomic E-state index is 0. The quantitative estimate of drug-likeness (QED) is 0.770. The molecule has 3 nitrogen and oxygen atoms in total. The molecule has 0 amide bonds. The first-order valence-electron chi connectivity index (χ1n) is 4.42. The molecule has 1 aromatic rings. The summed E-state index contributed by atoms with van der Waals surface area (Å²) in [6, 6.07) is 7.66. The standard InChI is InChI=1S/C11H13NO2.ClH/c12-8-7-10-3-1-9(2-4-10)5-6-11(13)14;/h1-6H,7-8,12H2,(H,13,14);1H/b6-5+;. The van der Waals surface area contributed by atoms with Crippen LogP contribution in [0.5, 0.6) is 0 Å². The molecule has 0 saturated heterocycles. The summed E-state index contributed by atoms with van der Waals surface area (Å²) < 4.78 is 0. The largest absolute Gasteiger partial charge is 0.478 e. The van der Waals surface area contributed by atoms with Gasteiger partial charge in [0.2, 0.25) is 0 Å². The third-order valence-corrected chi connectivity index (χ3v) is 1.83. The van der Waals surface area contributed by atoms with Crippen LogP contribution in [-0.2, 0) is 11.2 Å². The van der Waals surface area contributed by atoms with Crippen molar-refractivity contribution in [3.8, 4) is 0 Å². The summed E-state index contributed by atoms with van der Waals surface area (Å²) in [6.45, 7) is 0.629. The van der Waals surface area contributed by atoms with Gasteiger partial charge in [0.05, 0.1) is 0 Å². The molecule has 1 rings (SSSR count). The Kier molecular flexibility index (Phi) is 6.42. The molecule has 1 aromatic carbocycles. The van der Waals surface area contributed by atoms with Crippen molar-refractivity contribution >= 4 is 24.5 Å². The molecule has 0 bridgehead atoms. The van der Waals surface area contributed by atoms with Crippen LogP contribution in [0.25, 0.3) is 6.08 Å². The number of aliphatic carboxylic acids is 1. The van der Waals surface area contributed by atoms with Crippen molar-refractivity contribution in [3.05, 3.63) is 41.5 Å². The van der Waals surface area contributed by atoms with E-state index in [0.717, 1.165) is 18.1 Å². The Morgan fingerprint density at radius 2 is 1.93 bits per heavy atom. The summed E-state index contributed by atoms with van der Waals surface area (Å²) >= 11 is 0. The molecule has 0 aliphatic carbocycles. The van der Waals surface area contributed by atoms with E-state index in [9.17, 15) is 4.79 Å². The number of benzene rings is 1. The van der Waals surface area contributed by atoms with E-state index in [1.54, 1.807) is 6.08 Å². The van der Waals surface area contributed by atoms with Crippen LogP contribution in [0, 0.1) is 0 Å². The van der Waals surface area contributed by atoms with E-state index in [0.29, 0.717) is 6.54 Å². The fraction of sp³-hybridized carbons (Fsp3) is 0.182. The van der Waals surface area contributed by atoms with Gasteiger partial charge in [-0.15, -0.1) is 12.4 Å². The van der Waals surface area contributed by atoms with Crippen LogP contribution in [0.15, 0.2) is 30.3 Å². The molecular formula is C11H14ClNO2. The molecule has 0 unspecified atom stereocenters. The molecule has 0 fully saturated rings. The highest BCUT2D eigenvalue weighted by Crippen LogP contribution is 2.06.